The smallest absolute Gasteiger partial charge is 0.186 e. The number of rotatable bonds is 1. The van der Waals surface area contributed by atoms with Crippen LogP contribution >= 0.6 is 23.4 Å². The Balaban J connectivity index is 1.99. The van der Waals surface area contributed by atoms with Gasteiger partial charge in [-0.05, 0) is 0 Å². The average molecular weight is 252 g/mol. The summed E-state index contributed by atoms with van der Waals surface area (Å²) < 4.78 is 1.90. The summed E-state index contributed by atoms with van der Waals surface area (Å²) in [5.74, 6) is 1.70. The molecule has 0 bridgehead atoms. The van der Waals surface area contributed by atoms with E-state index in [1.165, 1.54) is 0 Å². The molecule has 1 unspecified atom stereocenters. The first-order valence-corrected chi connectivity index (χ1v) is 6.52. The Morgan fingerprint density at radius 3 is 2.94 bits per heavy atom. The van der Waals surface area contributed by atoms with E-state index in [0.717, 1.165) is 28.8 Å². The molecule has 0 saturated heterocycles. The maximum atomic E-state index is 6.09. The Labute approximate surface area is 103 Å². The van der Waals surface area contributed by atoms with Crippen LogP contribution in [0.2, 0.25) is 0 Å². The molecule has 1 aliphatic rings. The van der Waals surface area contributed by atoms with Crippen LogP contribution in [-0.2, 0) is 6.54 Å². The van der Waals surface area contributed by atoms with Crippen molar-refractivity contribution in [2.75, 3.05) is 5.75 Å². The van der Waals surface area contributed by atoms with Gasteiger partial charge in [0.25, 0.3) is 0 Å². The first-order valence-electron chi connectivity index (χ1n) is 5.10. The lowest BCUT2D eigenvalue weighted by Crippen LogP contribution is -2.19. The molecule has 1 aromatic heterocycles. The fraction of sp³-hybridized carbons (Fsp3) is 0.273. The summed E-state index contributed by atoms with van der Waals surface area (Å²) in [7, 11) is 0. The SMILES string of the molecule is ClC1CSc2nc(-c3ccccc3)nn2C1. The highest BCUT2D eigenvalue weighted by atomic mass is 35.5. The van der Waals surface area contributed by atoms with Crippen molar-refractivity contribution < 1.29 is 0 Å². The second kappa shape index (κ2) is 4.11. The number of thioether (sulfide) groups is 1. The van der Waals surface area contributed by atoms with E-state index in [1.807, 2.05) is 35.0 Å². The standard InChI is InChI=1S/C11H10ClN3S/c12-9-6-15-11(16-7-9)13-10(14-15)8-4-2-1-3-5-8/h1-5,9H,6-7H2. The zero-order chi connectivity index (χ0) is 11.0. The van der Waals surface area contributed by atoms with Gasteiger partial charge in [0.2, 0.25) is 0 Å². The molecule has 0 N–H and O–H groups in total. The number of aromatic nitrogens is 3. The van der Waals surface area contributed by atoms with E-state index in [0.29, 0.717) is 0 Å². The van der Waals surface area contributed by atoms with Gasteiger partial charge in [-0.2, -0.15) is 0 Å². The third kappa shape index (κ3) is 1.83. The van der Waals surface area contributed by atoms with Gasteiger partial charge < -0.3 is 0 Å². The van der Waals surface area contributed by atoms with Gasteiger partial charge in [0.15, 0.2) is 11.0 Å². The molecular weight excluding hydrogens is 242 g/mol. The highest BCUT2D eigenvalue weighted by Gasteiger charge is 2.20. The van der Waals surface area contributed by atoms with Crippen molar-refractivity contribution >= 4 is 23.4 Å². The molecule has 5 heteroatoms. The monoisotopic (exact) mass is 251 g/mol. The third-order valence-electron chi connectivity index (χ3n) is 2.43. The molecule has 0 fully saturated rings. The number of halogens is 1. The minimum Gasteiger partial charge on any atom is -0.239 e. The summed E-state index contributed by atoms with van der Waals surface area (Å²) in [6.45, 7) is 0.754. The molecule has 1 aromatic carbocycles. The molecule has 0 radical (unpaired) electrons. The van der Waals surface area contributed by atoms with Crippen LogP contribution in [0.25, 0.3) is 11.4 Å². The van der Waals surface area contributed by atoms with Crippen molar-refractivity contribution in [2.24, 2.45) is 0 Å². The number of hydrogen-bond acceptors (Lipinski definition) is 3. The average Bonchev–Trinajstić information content (AvgIpc) is 2.73. The lowest BCUT2D eigenvalue weighted by atomic mass is 10.2. The van der Waals surface area contributed by atoms with Gasteiger partial charge in [-0.25, -0.2) is 9.67 Å². The predicted molar refractivity (Wildman–Crippen MR) is 65.8 cm³/mol. The normalized spacial score (nSPS) is 19.4. The van der Waals surface area contributed by atoms with E-state index in [-0.39, 0.29) is 5.38 Å². The molecule has 0 saturated carbocycles. The van der Waals surface area contributed by atoms with E-state index in [2.05, 4.69) is 10.1 Å². The predicted octanol–water partition coefficient (Wildman–Crippen LogP) is 2.66. The van der Waals surface area contributed by atoms with E-state index in [9.17, 15) is 0 Å². The number of benzene rings is 1. The van der Waals surface area contributed by atoms with Crippen LogP contribution in [0.15, 0.2) is 35.5 Å². The van der Waals surface area contributed by atoms with Gasteiger partial charge in [-0.15, -0.1) is 16.7 Å². The van der Waals surface area contributed by atoms with Gasteiger partial charge in [-0.3, -0.25) is 0 Å². The molecule has 2 heterocycles. The van der Waals surface area contributed by atoms with Gasteiger partial charge >= 0.3 is 0 Å². The molecular formula is C11H10ClN3S. The number of alkyl halides is 1. The number of nitrogens with zero attached hydrogens (tertiary/aromatic N) is 3. The van der Waals surface area contributed by atoms with E-state index < -0.39 is 0 Å². The molecule has 16 heavy (non-hydrogen) atoms. The summed E-state index contributed by atoms with van der Waals surface area (Å²) in [5.41, 5.74) is 1.05. The molecule has 1 aliphatic heterocycles. The highest BCUT2D eigenvalue weighted by molar-refractivity contribution is 7.99. The van der Waals surface area contributed by atoms with E-state index >= 15 is 0 Å². The lowest BCUT2D eigenvalue weighted by molar-refractivity contribution is 0.545. The molecule has 0 aliphatic carbocycles. The molecule has 0 amide bonds. The third-order valence-corrected chi connectivity index (χ3v) is 4.04. The zero-order valence-corrected chi connectivity index (χ0v) is 10.1. The fourth-order valence-corrected chi connectivity index (χ4v) is 2.84. The molecule has 0 spiro atoms. The summed E-state index contributed by atoms with van der Waals surface area (Å²) in [5, 5.41) is 5.60. The van der Waals surface area contributed by atoms with Crippen molar-refractivity contribution in [3.8, 4) is 11.4 Å². The Bertz CT molecular complexity index is 497. The first kappa shape index (κ1) is 10.2. The van der Waals surface area contributed by atoms with Crippen LogP contribution in [0.5, 0.6) is 0 Å². The molecule has 1 atom stereocenters. The summed E-state index contributed by atoms with van der Waals surface area (Å²) in [4.78, 5) is 4.51. The van der Waals surface area contributed by atoms with Crippen molar-refractivity contribution in [3.05, 3.63) is 30.3 Å². The molecule has 82 valence electrons. The lowest BCUT2D eigenvalue weighted by Gasteiger charge is -2.15. The number of hydrogen-bond donors (Lipinski definition) is 0. The summed E-state index contributed by atoms with van der Waals surface area (Å²) >= 11 is 7.76. The van der Waals surface area contributed by atoms with Gasteiger partial charge in [-0.1, -0.05) is 42.1 Å². The van der Waals surface area contributed by atoms with Crippen LogP contribution in [0.4, 0.5) is 0 Å². The quantitative estimate of drug-likeness (QED) is 0.730. The van der Waals surface area contributed by atoms with Crippen molar-refractivity contribution in [1.29, 1.82) is 0 Å². The Morgan fingerprint density at radius 2 is 2.12 bits per heavy atom. The zero-order valence-electron chi connectivity index (χ0n) is 8.51. The van der Waals surface area contributed by atoms with Crippen LogP contribution < -0.4 is 0 Å². The summed E-state index contributed by atoms with van der Waals surface area (Å²) in [6, 6.07) is 10.0. The Morgan fingerprint density at radius 1 is 1.31 bits per heavy atom. The molecule has 2 aromatic rings. The first-order chi connectivity index (χ1) is 7.83. The highest BCUT2D eigenvalue weighted by Crippen LogP contribution is 2.27. The molecule has 3 nitrogen and oxygen atoms in total. The van der Waals surface area contributed by atoms with Crippen molar-refractivity contribution in [3.63, 3.8) is 0 Å². The van der Waals surface area contributed by atoms with Crippen LogP contribution in [0.3, 0.4) is 0 Å². The van der Waals surface area contributed by atoms with Crippen molar-refractivity contribution in [1.82, 2.24) is 14.8 Å². The van der Waals surface area contributed by atoms with Crippen molar-refractivity contribution in [2.45, 2.75) is 17.1 Å². The van der Waals surface area contributed by atoms with E-state index in [4.69, 9.17) is 11.6 Å². The minimum atomic E-state index is 0.155. The molecule has 3 rings (SSSR count). The topological polar surface area (TPSA) is 30.7 Å². The van der Waals surface area contributed by atoms with Gasteiger partial charge in [0, 0.05) is 11.3 Å². The second-order valence-electron chi connectivity index (χ2n) is 3.67. The van der Waals surface area contributed by atoms with Crippen LogP contribution in [-0.4, -0.2) is 25.9 Å². The summed E-state index contributed by atoms with van der Waals surface area (Å²) in [6.07, 6.45) is 0. The maximum absolute atomic E-state index is 6.09. The van der Waals surface area contributed by atoms with Gasteiger partial charge in [0.1, 0.15) is 0 Å². The Hall–Kier alpha value is -1.00. The van der Waals surface area contributed by atoms with Gasteiger partial charge in [0.05, 0.1) is 11.9 Å². The largest absolute Gasteiger partial charge is 0.239 e. The second-order valence-corrected chi connectivity index (χ2v) is 5.28. The maximum Gasteiger partial charge on any atom is 0.186 e. The minimum absolute atomic E-state index is 0.155. The Kier molecular flexibility index (Phi) is 2.61. The van der Waals surface area contributed by atoms with Crippen LogP contribution in [0.1, 0.15) is 0 Å². The van der Waals surface area contributed by atoms with Crippen LogP contribution in [0, 0.1) is 0 Å². The van der Waals surface area contributed by atoms with E-state index in [1.54, 1.807) is 11.8 Å². The number of fused-ring (bicyclic) bond motifs is 1. The fourth-order valence-electron chi connectivity index (χ4n) is 1.67.